The standard InChI is InChI=1S/C14H18FN3O/c1-8(19)18-6-9-5-10(9)14-11(7-17-2)13(16)4-3-12(14)15/h3-4,7,9-10H,5-6,16H2,1-2H3,(H,18,19). The van der Waals surface area contributed by atoms with Crippen molar-refractivity contribution in [3.8, 4) is 0 Å². The van der Waals surface area contributed by atoms with Gasteiger partial charge in [-0.2, -0.15) is 0 Å². The molecule has 0 aromatic heterocycles. The molecule has 1 aliphatic carbocycles. The first kappa shape index (κ1) is 13.5. The zero-order valence-electron chi connectivity index (χ0n) is 11.1. The van der Waals surface area contributed by atoms with E-state index in [-0.39, 0.29) is 23.6 Å². The number of nitrogens with two attached hydrogens (primary N) is 1. The van der Waals surface area contributed by atoms with Crippen LogP contribution in [0.1, 0.15) is 30.4 Å². The number of nitrogen functional groups attached to an aromatic ring is 1. The molecule has 3 N–H and O–H groups in total. The van der Waals surface area contributed by atoms with Crippen molar-refractivity contribution in [1.82, 2.24) is 5.32 Å². The van der Waals surface area contributed by atoms with Gasteiger partial charge in [0.05, 0.1) is 0 Å². The molecule has 102 valence electrons. The predicted molar refractivity (Wildman–Crippen MR) is 73.9 cm³/mol. The Balaban J connectivity index is 2.21. The number of nitrogens with zero attached hydrogens (tertiary/aromatic N) is 1. The molecule has 1 saturated carbocycles. The Bertz CT molecular complexity index is 528. The molecule has 2 unspecified atom stereocenters. The lowest BCUT2D eigenvalue weighted by molar-refractivity contribution is -0.119. The highest BCUT2D eigenvalue weighted by Crippen LogP contribution is 2.49. The van der Waals surface area contributed by atoms with E-state index < -0.39 is 0 Å². The van der Waals surface area contributed by atoms with Crippen molar-refractivity contribution < 1.29 is 9.18 Å². The van der Waals surface area contributed by atoms with E-state index in [1.165, 1.54) is 13.0 Å². The second-order valence-electron chi connectivity index (χ2n) is 4.89. The van der Waals surface area contributed by atoms with E-state index in [1.807, 2.05) is 0 Å². The van der Waals surface area contributed by atoms with Gasteiger partial charge in [-0.15, -0.1) is 0 Å². The van der Waals surface area contributed by atoms with Gasteiger partial charge in [-0.25, -0.2) is 4.39 Å². The van der Waals surface area contributed by atoms with Crippen LogP contribution in [0.4, 0.5) is 10.1 Å². The number of benzene rings is 1. The Morgan fingerprint density at radius 1 is 1.63 bits per heavy atom. The second kappa shape index (κ2) is 5.38. The summed E-state index contributed by atoms with van der Waals surface area (Å²) in [6.45, 7) is 2.06. The van der Waals surface area contributed by atoms with Crippen LogP contribution in [0.15, 0.2) is 17.1 Å². The quantitative estimate of drug-likeness (QED) is 0.641. The molecule has 5 heteroatoms. The van der Waals surface area contributed by atoms with Crippen LogP contribution in [0.5, 0.6) is 0 Å². The van der Waals surface area contributed by atoms with Gasteiger partial charge < -0.3 is 11.1 Å². The summed E-state index contributed by atoms with van der Waals surface area (Å²) in [5.74, 6) is 0.0843. The molecule has 0 radical (unpaired) electrons. The topological polar surface area (TPSA) is 67.5 Å². The zero-order valence-corrected chi connectivity index (χ0v) is 11.1. The van der Waals surface area contributed by atoms with Crippen molar-refractivity contribution in [3.63, 3.8) is 0 Å². The van der Waals surface area contributed by atoms with Gasteiger partial charge in [0.25, 0.3) is 0 Å². The van der Waals surface area contributed by atoms with Crippen molar-refractivity contribution in [2.24, 2.45) is 10.9 Å². The lowest BCUT2D eigenvalue weighted by atomic mass is 10.00. The molecule has 1 aromatic carbocycles. The third-order valence-electron chi connectivity index (χ3n) is 3.43. The highest BCUT2D eigenvalue weighted by atomic mass is 19.1. The third kappa shape index (κ3) is 2.92. The number of carbonyl (C=O) groups is 1. The summed E-state index contributed by atoms with van der Waals surface area (Å²) in [6.07, 6.45) is 2.47. The van der Waals surface area contributed by atoms with Crippen molar-refractivity contribution in [3.05, 3.63) is 29.1 Å². The molecule has 0 spiro atoms. The number of rotatable bonds is 4. The minimum absolute atomic E-state index is 0.0611. The number of halogens is 1. The predicted octanol–water partition coefficient (Wildman–Crippen LogP) is 1.70. The number of amides is 1. The van der Waals surface area contributed by atoms with Crippen LogP contribution >= 0.6 is 0 Å². The Hall–Kier alpha value is -1.91. The van der Waals surface area contributed by atoms with Gasteiger partial charge in [-0.05, 0) is 30.4 Å². The highest BCUT2D eigenvalue weighted by molar-refractivity contribution is 5.89. The first-order chi connectivity index (χ1) is 9.04. The van der Waals surface area contributed by atoms with Crippen LogP contribution in [-0.2, 0) is 4.79 Å². The van der Waals surface area contributed by atoms with Gasteiger partial charge in [0.2, 0.25) is 5.91 Å². The molecule has 2 rings (SSSR count). The fraction of sp³-hybridized carbons (Fsp3) is 0.429. The number of hydrogen-bond acceptors (Lipinski definition) is 3. The molecule has 0 heterocycles. The van der Waals surface area contributed by atoms with E-state index >= 15 is 0 Å². The van der Waals surface area contributed by atoms with E-state index in [0.29, 0.717) is 23.4 Å². The molecule has 1 fully saturated rings. The van der Waals surface area contributed by atoms with Crippen LogP contribution in [-0.4, -0.2) is 25.7 Å². The van der Waals surface area contributed by atoms with Crippen molar-refractivity contribution >= 4 is 17.8 Å². The van der Waals surface area contributed by atoms with Crippen molar-refractivity contribution in [1.29, 1.82) is 0 Å². The Kier molecular flexibility index (Phi) is 3.83. The molecule has 0 saturated heterocycles. The molecule has 0 aliphatic heterocycles. The molecule has 1 amide bonds. The number of carbonyl (C=O) groups excluding carboxylic acids is 1. The Morgan fingerprint density at radius 3 is 3.00 bits per heavy atom. The minimum Gasteiger partial charge on any atom is -0.398 e. The van der Waals surface area contributed by atoms with Crippen LogP contribution in [0.3, 0.4) is 0 Å². The van der Waals surface area contributed by atoms with E-state index in [9.17, 15) is 9.18 Å². The molecule has 0 bridgehead atoms. The summed E-state index contributed by atoms with van der Waals surface area (Å²) >= 11 is 0. The maximum atomic E-state index is 14.0. The zero-order chi connectivity index (χ0) is 14.0. The van der Waals surface area contributed by atoms with Gasteiger partial charge in [0, 0.05) is 43.5 Å². The molecule has 1 aliphatic rings. The summed E-state index contributed by atoms with van der Waals surface area (Å²) in [5, 5.41) is 2.77. The first-order valence-corrected chi connectivity index (χ1v) is 6.29. The fourth-order valence-electron chi connectivity index (χ4n) is 2.38. The number of aliphatic imine (C=N–C) groups is 1. The average Bonchev–Trinajstić information content (AvgIpc) is 3.11. The molecular weight excluding hydrogens is 245 g/mol. The highest BCUT2D eigenvalue weighted by Gasteiger charge is 2.41. The Labute approximate surface area is 111 Å². The van der Waals surface area contributed by atoms with Gasteiger partial charge in [-0.1, -0.05) is 0 Å². The molecule has 2 atom stereocenters. The van der Waals surface area contributed by atoms with E-state index in [2.05, 4.69) is 10.3 Å². The van der Waals surface area contributed by atoms with Crippen LogP contribution in [0.25, 0.3) is 0 Å². The van der Waals surface area contributed by atoms with E-state index in [0.717, 1.165) is 6.42 Å². The minimum atomic E-state index is -0.251. The smallest absolute Gasteiger partial charge is 0.216 e. The van der Waals surface area contributed by atoms with Gasteiger partial charge in [0.15, 0.2) is 0 Å². The SMILES string of the molecule is CN=Cc1c(N)ccc(F)c1C1CC1CNC(C)=O. The van der Waals surface area contributed by atoms with Crippen LogP contribution in [0.2, 0.25) is 0 Å². The average molecular weight is 263 g/mol. The number of anilines is 1. The maximum Gasteiger partial charge on any atom is 0.216 e. The summed E-state index contributed by atoms with van der Waals surface area (Å²) < 4.78 is 14.0. The fourth-order valence-corrected chi connectivity index (χ4v) is 2.38. The maximum absolute atomic E-state index is 14.0. The summed E-state index contributed by atoms with van der Waals surface area (Å²) in [7, 11) is 1.63. The number of hydrogen-bond donors (Lipinski definition) is 2. The normalized spacial score (nSPS) is 21.6. The molecule has 1 aromatic rings. The summed E-state index contributed by atoms with van der Waals surface area (Å²) in [6, 6.07) is 2.95. The molecule has 19 heavy (non-hydrogen) atoms. The lowest BCUT2D eigenvalue weighted by Gasteiger charge is -2.10. The Morgan fingerprint density at radius 2 is 2.37 bits per heavy atom. The van der Waals surface area contributed by atoms with Crippen LogP contribution < -0.4 is 11.1 Å². The summed E-state index contributed by atoms with van der Waals surface area (Å²) in [5.41, 5.74) is 7.71. The van der Waals surface area contributed by atoms with E-state index in [1.54, 1.807) is 19.3 Å². The van der Waals surface area contributed by atoms with Gasteiger partial charge in [0.1, 0.15) is 5.82 Å². The van der Waals surface area contributed by atoms with Crippen molar-refractivity contribution in [2.75, 3.05) is 19.3 Å². The second-order valence-corrected chi connectivity index (χ2v) is 4.89. The largest absolute Gasteiger partial charge is 0.398 e. The van der Waals surface area contributed by atoms with Gasteiger partial charge >= 0.3 is 0 Å². The first-order valence-electron chi connectivity index (χ1n) is 6.29. The molecular formula is C14H18FN3O. The summed E-state index contributed by atoms with van der Waals surface area (Å²) in [4.78, 5) is 14.8. The van der Waals surface area contributed by atoms with Gasteiger partial charge in [-0.3, -0.25) is 9.79 Å². The monoisotopic (exact) mass is 263 g/mol. The lowest BCUT2D eigenvalue weighted by Crippen LogP contribution is -2.22. The van der Waals surface area contributed by atoms with Crippen molar-refractivity contribution in [2.45, 2.75) is 19.3 Å². The van der Waals surface area contributed by atoms with Crippen LogP contribution in [0, 0.1) is 11.7 Å². The molecule has 4 nitrogen and oxygen atoms in total. The van der Waals surface area contributed by atoms with E-state index in [4.69, 9.17) is 5.73 Å². The third-order valence-corrected chi connectivity index (χ3v) is 3.43. The number of nitrogens with one attached hydrogen (secondary N) is 1.